The number of carbonyl (C=O) groups is 2. The van der Waals surface area contributed by atoms with Crippen LogP contribution >= 0.6 is 11.8 Å². The first-order valence-corrected chi connectivity index (χ1v) is 14.5. The fourth-order valence-electron chi connectivity index (χ4n) is 4.31. The Morgan fingerprint density at radius 1 is 0.762 bits per heavy atom. The Labute approximate surface area is 248 Å². The van der Waals surface area contributed by atoms with Crippen LogP contribution in [0.15, 0.2) is 85.1 Å². The number of nitrogens with zero attached hydrogens (tertiary/aromatic N) is 2. The van der Waals surface area contributed by atoms with Crippen molar-refractivity contribution in [1.82, 2.24) is 10.0 Å². The summed E-state index contributed by atoms with van der Waals surface area (Å²) in [7, 11) is 3.24. The molecule has 216 valence electrons. The molecule has 42 heavy (non-hydrogen) atoms. The van der Waals surface area contributed by atoms with E-state index in [1.807, 2.05) is 54.8 Å². The normalized spacial score (nSPS) is 13.1. The SMILES string of the molecule is COc1ccc(COc2cnc(C(CSC)ON3C(=O)c4ccccc4C3=O)cc2OCc2ccc(OC)cc2)cc1. The first kappa shape index (κ1) is 29.0. The smallest absolute Gasteiger partial charge is 0.285 e. The van der Waals surface area contributed by atoms with Crippen LogP contribution in [0.2, 0.25) is 0 Å². The number of amides is 2. The molecule has 1 aromatic heterocycles. The van der Waals surface area contributed by atoms with Crippen molar-refractivity contribution < 1.29 is 33.4 Å². The second-order valence-electron chi connectivity index (χ2n) is 9.33. The monoisotopic (exact) mass is 586 g/mol. The number of methoxy groups -OCH3 is 2. The predicted molar refractivity (Wildman–Crippen MR) is 158 cm³/mol. The van der Waals surface area contributed by atoms with Crippen LogP contribution in [0.1, 0.15) is 43.6 Å². The van der Waals surface area contributed by atoms with Gasteiger partial charge in [-0.25, -0.2) is 0 Å². The molecule has 0 fully saturated rings. The molecule has 0 spiro atoms. The molecule has 5 rings (SSSR count). The van der Waals surface area contributed by atoms with E-state index >= 15 is 0 Å². The summed E-state index contributed by atoms with van der Waals surface area (Å²) in [6, 6.07) is 23.5. The zero-order valence-corrected chi connectivity index (χ0v) is 24.3. The molecule has 0 saturated heterocycles. The van der Waals surface area contributed by atoms with E-state index in [-0.39, 0.29) is 13.2 Å². The second kappa shape index (κ2) is 13.4. The minimum Gasteiger partial charge on any atom is -0.497 e. The van der Waals surface area contributed by atoms with Crippen LogP contribution in [0.25, 0.3) is 0 Å². The average Bonchev–Trinajstić information content (AvgIpc) is 3.28. The molecule has 2 heterocycles. The van der Waals surface area contributed by atoms with Crippen molar-refractivity contribution in [3.05, 3.63) is 113 Å². The highest BCUT2D eigenvalue weighted by Crippen LogP contribution is 2.34. The van der Waals surface area contributed by atoms with E-state index < -0.39 is 17.9 Å². The van der Waals surface area contributed by atoms with Crippen LogP contribution in [0.4, 0.5) is 0 Å². The molecule has 0 bridgehead atoms. The maximum Gasteiger partial charge on any atom is 0.285 e. The largest absolute Gasteiger partial charge is 0.497 e. The molecule has 2 amide bonds. The highest BCUT2D eigenvalue weighted by atomic mass is 32.2. The Kier molecular flexibility index (Phi) is 9.25. The predicted octanol–water partition coefficient (Wildman–Crippen LogP) is 5.89. The minimum absolute atomic E-state index is 0.263. The van der Waals surface area contributed by atoms with E-state index in [0.29, 0.717) is 34.1 Å². The van der Waals surface area contributed by atoms with Crippen LogP contribution < -0.4 is 18.9 Å². The number of imide groups is 1. The summed E-state index contributed by atoms with van der Waals surface area (Å²) in [4.78, 5) is 36.5. The fourth-order valence-corrected chi connectivity index (χ4v) is 4.85. The van der Waals surface area contributed by atoms with E-state index in [1.165, 1.54) is 11.8 Å². The van der Waals surface area contributed by atoms with Gasteiger partial charge < -0.3 is 18.9 Å². The van der Waals surface area contributed by atoms with E-state index in [4.69, 9.17) is 23.8 Å². The number of carbonyl (C=O) groups excluding carboxylic acids is 2. The van der Waals surface area contributed by atoms with Gasteiger partial charge in [0.2, 0.25) is 0 Å². The Morgan fingerprint density at radius 3 is 1.79 bits per heavy atom. The second-order valence-corrected chi connectivity index (χ2v) is 10.2. The van der Waals surface area contributed by atoms with Gasteiger partial charge in [0, 0.05) is 11.8 Å². The highest BCUT2D eigenvalue weighted by molar-refractivity contribution is 7.98. The van der Waals surface area contributed by atoms with Gasteiger partial charge in [-0.1, -0.05) is 36.4 Å². The van der Waals surface area contributed by atoms with Crippen molar-refractivity contribution in [2.24, 2.45) is 0 Å². The van der Waals surface area contributed by atoms with Gasteiger partial charge in [0.25, 0.3) is 11.8 Å². The van der Waals surface area contributed by atoms with Crippen LogP contribution in [-0.4, -0.2) is 48.1 Å². The lowest BCUT2D eigenvalue weighted by molar-refractivity contribution is -0.127. The van der Waals surface area contributed by atoms with Gasteiger partial charge in [0.05, 0.1) is 37.2 Å². The Hall–Kier alpha value is -4.54. The van der Waals surface area contributed by atoms with Crippen LogP contribution in [0.3, 0.4) is 0 Å². The summed E-state index contributed by atoms with van der Waals surface area (Å²) < 4.78 is 22.8. The number of thioether (sulfide) groups is 1. The van der Waals surface area contributed by atoms with Gasteiger partial charge in [0.1, 0.15) is 30.8 Å². The molecule has 4 aromatic rings. The zero-order chi connectivity index (χ0) is 29.5. The van der Waals surface area contributed by atoms with Crippen molar-refractivity contribution in [2.75, 3.05) is 26.2 Å². The van der Waals surface area contributed by atoms with Crippen LogP contribution in [0.5, 0.6) is 23.0 Å². The summed E-state index contributed by atoms with van der Waals surface area (Å²) >= 11 is 1.50. The van der Waals surface area contributed by atoms with Gasteiger partial charge in [0.15, 0.2) is 11.5 Å². The van der Waals surface area contributed by atoms with E-state index in [9.17, 15) is 9.59 Å². The van der Waals surface area contributed by atoms with Crippen molar-refractivity contribution in [1.29, 1.82) is 0 Å². The summed E-state index contributed by atoms with van der Waals surface area (Å²) in [5, 5.41) is 0.819. The van der Waals surface area contributed by atoms with Crippen LogP contribution in [-0.2, 0) is 18.1 Å². The number of rotatable bonds is 13. The third-order valence-electron chi connectivity index (χ3n) is 6.60. The molecular formula is C32H30N2O7S. The molecule has 3 aromatic carbocycles. The first-order valence-electron chi connectivity index (χ1n) is 13.2. The zero-order valence-electron chi connectivity index (χ0n) is 23.4. The first-order chi connectivity index (χ1) is 20.5. The maximum atomic E-state index is 13.0. The van der Waals surface area contributed by atoms with E-state index in [1.54, 1.807) is 50.7 Å². The number of aromatic nitrogens is 1. The molecule has 1 aliphatic rings. The fraction of sp³-hybridized carbons (Fsp3) is 0.219. The van der Waals surface area contributed by atoms with Crippen LogP contribution in [0, 0.1) is 0 Å². The number of ether oxygens (including phenoxy) is 4. The molecule has 0 saturated carbocycles. The number of hydrogen-bond acceptors (Lipinski definition) is 9. The molecule has 9 nitrogen and oxygen atoms in total. The summed E-state index contributed by atoms with van der Waals surface area (Å²) in [6.07, 6.45) is 2.77. The molecule has 1 unspecified atom stereocenters. The van der Waals surface area contributed by atoms with E-state index in [2.05, 4.69) is 4.98 Å². The van der Waals surface area contributed by atoms with Gasteiger partial charge in [-0.2, -0.15) is 11.8 Å². The average molecular weight is 587 g/mol. The van der Waals surface area contributed by atoms with Crippen molar-refractivity contribution in [3.8, 4) is 23.0 Å². The van der Waals surface area contributed by atoms with Crippen molar-refractivity contribution in [2.45, 2.75) is 19.3 Å². The maximum absolute atomic E-state index is 13.0. The third kappa shape index (κ3) is 6.50. The highest BCUT2D eigenvalue weighted by Gasteiger charge is 2.38. The third-order valence-corrected chi connectivity index (χ3v) is 7.23. The lowest BCUT2D eigenvalue weighted by Crippen LogP contribution is -2.32. The van der Waals surface area contributed by atoms with Crippen molar-refractivity contribution in [3.63, 3.8) is 0 Å². The van der Waals surface area contributed by atoms with Gasteiger partial charge in [-0.05, 0) is 53.8 Å². The lowest BCUT2D eigenvalue weighted by Gasteiger charge is -2.22. The number of benzene rings is 3. The van der Waals surface area contributed by atoms with Gasteiger partial charge >= 0.3 is 0 Å². The minimum atomic E-state index is -0.707. The number of fused-ring (bicyclic) bond motifs is 1. The molecule has 10 heteroatoms. The lowest BCUT2D eigenvalue weighted by atomic mass is 10.1. The number of hydroxylamine groups is 2. The molecule has 1 atom stereocenters. The van der Waals surface area contributed by atoms with Gasteiger partial charge in [-0.3, -0.25) is 19.4 Å². The quantitative estimate of drug-likeness (QED) is 0.178. The van der Waals surface area contributed by atoms with Gasteiger partial charge in [-0.15, -0.1) is 5.06 Å². The molecule has 0 aliphatic carbocycles. The molecule has 0 N–H and O–H groups in total. The summed E-state index contributed by atoms with van der Waals surface area (Å²) in [5.41, 5.74) is 2.98. The Balaban J connectivity index is 1.39. The molecular weight excluding hydrogens is 556 g/mol. The topological polar surface area (TPSA) is 96.4 Å². The number of pyridine rings is 1. The Morgan fingerprint density at radius 2 is 1.29 bits per heavy atom. The summed E-state index contributed by atoms with van der Waals surface area (Å²) in [6.45, 7) is 0.544. The summed E-state index contributed by atoms with van der Waals surface area (Å²) in [5.74, 6) is 1.82. The van der Waals surface area contributed by atoms with E-state index in [0.717, 1.165) is 27.7 Å². The molecule has 0 radical (unpaired) electrons. The number of hydrogen-bond donors (Lipinski definition) is 0. The Bertz CT molecular complexity index is 1510. The standard InChI is InChI=1S/C32H30N2O7S/c1-37-23-12-8-21(9-13-23)18-39-28-16-27(33-17-29(28)40-19-22-10-14-24(38-2)15-11-22)30(20-42-3)41-34-31(35)25-6-4-5-7-26(25)32(34)36/h4-17,30H,18-20H2,1-3H3. The van der Waals surface area contributed by atoms with Crippen molar-refractivity contribution >= 4 is 23.6 Å². The molecule has 1 aliphatic heterocycles.